The van der Waals surface area contributed by atoms with Gasteiger partial charge in [0.25, 0.3) is 0 Å². The van der Waals surface area contributed by atoms with E-state index in [1.165, 1.54) is 12.1 Å². The normalized spacial score (nSPS) is 21.1. The first-order valence-corrected chi connectivity index (χ1v) is 6.14. The molecule has 3 N–H and O–H groups in total. The molecule has 94 valence electrons. The van der Waals surface area contributed by atoms with E-state index in [1.54, 1.807) is 6.07 Å². The van der Waals surface area contributed by atoms with Crippen molar-refractivity contribution < 1.29 is 4.39 Å². The molecule has 0 bridgehead atoms. The second-order valence-electron chi connectivity index (χ2n) is 4.61. The number of halogens is 1. The Morgan fingerprint density at radius 3 is 2.71 bits per heavy atom. The van der Waals surface area contributed by atoms with Crippen molar-refractivity contribution in [2.45, 2.75) is 19.0 Å². The van der Waals surface area contributed by atoms with Crippen molar-refractivity contribution in [3.05, 3.63) is 35.6 Å². The summed E-state index contributed by atoms with van der Waals surface area (Å²) in [4.78, 5) is 2.35. The number of nitrogens with two attached hydrogens (primary N) is 1. The fourth-order valence-electron chi connectivity index (χ4n) is 2.31. The van der Waals surface area contributed by atoms with Gasteiger partial charge in [-0.15, -0.1) is 0 Å². The average Bonchev–Trinajstić information content (AvgIpc) is 2.38. The third-order valence-corrected chi connectivity index (χ3v) is 3.48. The molecule has 1 heterocycles. The maximum absolute atomic E-state index is 13.2. The number of piperazine rings is 1. The van der Waals surface area contributed by atoms with Crippen LogP contribution in [0.2, 0.25) is 0 Å². The third-order valence-electron chi connectivity index (χ3n) is 3.48. The van der Waals surface area contributed by atoms with Crippen LogP contribution in [0, 0.1) is 5.82 Å². The molecule has 1 aromatic carbocycles. The molecule has 0 aliphatic carbocycles. The molecule has 1 aliphatic heterocycles. The average molecular weight is 237 g/mol. The number of rotatable bonds is 3. The summed E-state index contributed by atoms with van der Waals surface area (Å²) in [6.07, 6.45) is 0. The molecule has 0 saturated carbocycles. The standard InChI is InChI=1S/C13H20FN3/c1-10(17-7-5-16-6-8-17)13(15)11-3-2-4-12(14)9-11/h2-4,9-10,13,16H,5-8,15H2,1H3. The maximum Gasteiger partial charge on any atom is 0.123 e. The number of hydrogen-bond donors (Lipinski definition) is 2. The van der Waals surface area contributed by atoms with Gasteiger partial charge in [-0.25, -0.2) is 4.39 Å². The van der Waals surface area contributed by atoms with Crippen molar-refractivity contribution in [1.82, 2.24) is 10.2 Å². The predicted molar refractivity (Wildman–Crippen MR) is 67.2 cm³/mol. The smallest absolute Gasteiger partial charge is 0.123 e. The SMILES string of the molecule is CC(C(N)c1cccc(F)c1)N1CCNCC1. The molecule has 2 atom stereocenters. The fourth-order valence-corrected chi connectivity index (χ4v) is 2.31. The topological polar surface area (TPSA) is 41.3 Å². The van der Waals surface area contributed by atoms with Gasteiger partial charge in [0.15, 0.2) is 0 Å². The minimum absolute atomic E-state index is 0.135. The van der Waals surface area contributed by atoms with Gasteiger partial charge in [-0.05, 0) is 24.6 Å². The highest BCUT2D eigenvalue weighted by Gasteiger charge is 2.23. The summed E-state index contributed by atoms with van der Waals surface area (Å²) >= 11 is 0. The molecule has 0 spiro atoms. The van der Waals surface area contributed by atoms with Gasteiger partial charge in [0.05, 0.1) is 0 Å². The van der Waals surface area contributed by atoms with Crippen LogP contribution in [-0.4, -0.2) is 37.1 Å². The monoisotopic (exact) mass is 237 g/mol. The van der Waals surface area contributed by atoms with Gasteiger partial charge < -0.3 is 11.1 Å². The Labute approximate surface area is 102 Å². The summed E-state index contributed by atoms with van der Waals surface area (Å²) in [5, 5.41) is 3.31. The van der Waals surface area contributed by atoms with Crippen molar-refractivity contribution in [1.29, 1.82) is 0 Å². The Kier molecular flexibility index (Phi) is 4.10. The molecule has 1 aliphatic rings. The Balaban J connectivity index is 2.05. The maximum atomic E-state index is 13.2. The first-order valence-electron chi connectivity index (χ1n) is 6.14. The van der Waals surface area contributed by atoms with Crippen LogP contribution in [0.5, 0.6) is 0 Å². The molecular formula is C13H20FN3. The number of benzene rings is 1. The number of nitrogens with one attached hydrogen (secondary N) is 1. The van der Waals surface area contributed by atoms with Crippen LogP contribution < -0.4 is 11.1 Å². The van der Waals surface area contributed by atoms with E-state index in [9.17, 15) is 4.39 Å². The molecule has 3 nitrogen and oxygen atoms in total. The minimum Gasteiger partial charge on any atom is -0.323 e. The molecule has 1 fully saturated rings. The predicted octanol–water partition coefficient (Wildman–Crippen LogP) is 1.12. The van der Waals surface area contributed by atoms with Gasteiger partial charge in [-0.1, -0.05) is 12.1 Å². The lowest BCUT2D eigenvalue weighted by molar-refractivity contribution is 0.163. The van der Waals surface area contributed by atoms with Gasteiger partial charge in [-0.2, -0.15) is 0 Å². The van der Waals surface area contributed by atoms with Crippen molar-refractivity contribution in [2.75, 3.05) is 26.2 Å². The molecule has 1 aromatic rings. The van der Waals surface area contributed by atoms with Gasteiger partial charge in [0, 0.05) is 38.3 Å². The fraction of sp³-hybridized carbons (Fsp3) is 0.538. The molecule has 1 saturated heterocycles. The van der Waals surface area contributed by atoms with E-state index in [-0.39, 0.29) is 17.9 Å². The molecule has 4 heteroatoms. The minimum atomic E-state index is -0.217. The van der Waals surface area contributed by atoms with E-state index < -0.39 is 0 Å². The lowest BCUT2D eigenvalue weighted by Crippen LogP contribution is -2.50. The summed E-state index contributed by atoms with van der Waals surface area (Å²) in [6.45, 7) is 6.12. The first-order chi connectivity index (χ1) is 8.18. The summed E-state index contributed by atoms with van der Waals surface area (Å²) in [7, 11) is 0. The summed E-state index contributed by atoms with van der Waals surface area (Å²) in [5.41, 5.74) is 7.08. The highest BCUT2D eigenvalue weighted by atomic mass is 19.1. The van der Waals surface area contributed by atoms with Gasteiger partial charge in [0.1, 0.15) is 5.82 Å². The quantitative estimate of drug-likeness (QED) is 0.827. The van der Waals surface area contributed by atoms with Crippen LogP contribution in [-0.2, 0) is 0 Å². The largest absolute Gasteiger partial charge is 0.323 e. The summed E-state index contributed by atoms with van der Waals surface area (Å²) in [5.74, 6) is -0.217. The molecule has 0 aromatic heterocycles. The molecule has 0 amide bonds. The summed E-state index contributed by atoms with van der Waals surface area (Å²) in [6, 6.07) is 6.69. The van der Waals surface area contributed by atoms with Crippen molar-refractivity contribution in [3.8, 4) is 0 Å². The van der Waals surface area contributed by atoms with Gasteiger partial charge in [0.2, 0.25) is 0 Å². The molecule has 17 heavy (non-hydrogen) atoms. The Hall–Kier alpha value is -0.970. The van der Waals surface area contributed by atoms with Gasteiger partial charge in [-0.3, -0.25) is 4.90 Å². The van der Waals surface area contributed by atoms with Crippen LogP contribution in [0.3, 0.4) is 0 Å². The van der Waals surface area contributed by atoms with E-state index in [1.807, 2.05) is 6.07 Å². The van der Waals surface area contributed by atoms with E-state index >= 15 is 0 Å². The lowest BCUT2D eigenvalue weighted by atomic mass is 9.99. The van der Waals surface area contributed by atoms with E-state index in [0.717, 1.165) is 31.7 Å². The van der Waals surface area contributed by atoms with E-state index in [4.69, 9.17) is 5.73 Å². The first kappa shape index (κ1) is 12.5. The second-order valence-corrected chi connectivity index (χ2v) is 4.61. The Bertz CT molecular complexity index is 363. The van der Waals surface area contributed by atoms with Crippen LogP contribution >= 0.6 is 0 Å². The van der Waals surface area contributed by atoms with E-state index in [0.29, 0.717) is 0 Å². The van der Waals surface area contributed by atoms with E-state index in [2.05, 4.69) is 17.1 Å². The molecular weight excluding hydrogens is 217 g/mol. The third kappa shape index (κ3) is 3.03. The molecule has 2 rings (SSSR count). The number of hydrogen-bond acceptors (Lipinski definition) is 3. The van der Waals surface area contributed by atoms with Crippen LogP contribution in [0.25, 0.3) is 0 Å². The van der Waals surface area contributed by atoms with Crippen molar-refractivity contribution in [3.63, 3.8) is 0 Å². The Morgan fingerprint density at radius 1 is 1.35 bits per heavy atom. The second kappa shape index (κ2) is 5.58. The van der Waals surface area contributed by atoms with Gasteiger partial charge >= 0.3 is 0 Å². The zero-order valence-electron chi connectivity index (χ0n) is 10.2. The molecule has 2 unspecified atom stereocenters. The number of nitrogens with zero attached hydrogens (tertiary/aromatic N) is 1. The zero-order chi connectivity index (χ0) is 12.3. The molecule has 0 radical (unpaired) electrons. The Morgan fingerprint density at radius 2 is 2.06 bits per heavy atom. The highest BCUT2D eigenvalue weighted by molar-refractivity contribution is 5.21. The summed E-state index contributed by atoms with van der Waals surface area (Å²) < 4.78 is 13.2. The zero-order valence-corrected chi connectivity index (χ0v) is 10.2. The van der Waals surface area contributed by atoms with Crippen LogP contribution in [0.15, 0.2) is 24.3 Å². The van der Waals surface area contributed by atoms with Crippen molar-refractivity contribution >= 4 is 0 Å². The van der Waals surface area contributed by atoms with Crippen LogP contribution in [0.4, 0.5) is 4.39 Å². The van der Waals surface area contributed by atoms with Crippen LogP contribution in [0.1, 0.15) is 18.5 Å². The van der Waals surface area contributed by atoms with Crippen molar-refractivity contribution in [2.24, 2.45) is 5.73 Å². The lowest BCUT2D eigenvalue weighted by Gasteiger charge is -2.36. The highest BCUT2D eigenvalue weighted by Crippen LogP contribution is 2.19.